The number of likely N-dealkylation sites (N-methyl/N-ethyl adjacent to an activating group) is 2. The first-order valence-corrected chi connectivity index (χ1v) is 9.60. The van der Waals surface area contributed by atoms with Crippen LogP contribution in [0, 0.1) is 0 Å². The van der Waals surface area contributed by atoms with Crippen molar-refractivity contribution in [2.45, 2.75) is 19.5 Å². The third-order valence-corrected chi connectivity index (χ3v) is 5.09. The van der Waals surface area contributed by atoms with Crippen LogP contribution in [0.15, 0.2) is 67.0 Å². The zero-order valence-electron chi connectivity index (χ0n) is 16.4. The third-order valence-electron chi connectivity index (χ3n) is 4.84. The van der Waals surface area contributed by atoms with Gasteiger partial charge in [-0.25, -0.2) is 4.68 Å². The number of carbonyl (C=O) groups is 1. The monoisotopic (exact) mass is 396 g/mol. The van der Waals surface area contributed by atoms with Gasteiger partial charge >= 0.3 is 0 Å². The third kappa shape index (κ3) is 5.00. The van der Waals surface area contributed by atoms with Gasteiger partial charge in [0.1, 0.15) is 0 Å². The van der Waals surface area contributed by atoms with E-state index in [2.05, 4.69) is 5.10 Å². The van der Waals surface area contributed by atoms with Crippen molar-refractivity contribution in [2.24, 2.45) is 0 Å². The summed E-state index contributed by atoms with van der Waals surface area (Å²) in [5.74, 6) is 0.0698. The molecule has 1 atom stereocenters. The number of benzene rings is 2. The fourth-order valence-corrected chi connectivity index (χ4v) is 3.18. The number of para-hydroxylation sites is 1. The minimum Gasteiger partial charge on any atom is -0.338 e. The van der Waals surface area contributed by atoms with Crippen LogP contribution in [0.5, 0.6) is 0 Å². The second-order valence-electron chi connectivity index (χ2n) is 7.03. The number of hydrogen-bond acceptors (Lipinski definition) is 3. The highest BCUT2D eigenvalue weighted by molar-refractivity contribution is 6.30. The van der Waals surface area contributed by atoms with Crippen LogP contribution in [-0.2, 0) is 11.3 Å². The topological polar surface area (TPSA) is 41.4 Å². The van der Waals surface area contributed by atoms with Gasteiger partial charge < -0.3 is 4.90 Å². The van der Waals surface area contributed by atoms with Crippen LogP contribution in [-0.4, -0.2) is 46.1 Å². The maximum atomic E-state index is 12.7. The van der Waals surface area contributed by atoms with Crippen molar-refractivity contribution in [2.75, 3.05) is 20.6 Å². The van der Waals surface area contributed by atoms with Gasteiger partial charge in [0.05, 0.1) is 24.5 Å². The SMILES string of the molecule is CC(c1ccc(Cl)cc1)N(C)C(=O)CN(C)Cc1cnn(-c2ccccc2)c1. The van der Waals surface area contributed by atoms with E-state index in [0.29, 0.717) is 18.1 Å². The van der Waals surface area contributed by atoms with Crippen molar-refractivity contribution < 1.29 is 4.79 Å². The van der Waals surface area contributed by atoms with Crippen molar-refractivity contribution in [3.05, 3.63) is 83.1 Å². The molecule has 0 aliphatic rings. The van der Waals surface area contributed by atoms with E-state index in [0.717, 1.165) is 16.8 Å². The van der Waals surface area contributed by atoms with E-state index in [9.17, 15) is 4.79 Å². The van der Waals surface area contributed by atoms with Gasteiger partial charge in [-0.15, -0.1) is 0 Å². The van der Waals surface area contributed by atoms with Gasteiger partial charge in [0.15, 0.2) is 0 Å². The summed E-state index contributed by atoms with van der Waals surface area (Å²) in [6.07, 6.45) is 3.84. The smallest absolute Gasteiger partial charge is 0.236 e. The minimum absolute atomic E-state index is 0.0148. The van der Waals surface area contributed by atoms with Crippen LogP contribution >= 0.6 is 11.6 Å². The molecule has 5 nitrogen and oxygen atoms in total. The Balaban J connectivity index is 1.56. The Morgan fingerprint density at radius 3 is 2.46 bits per heavy atom. The fraction of sp³-hybridized carbons (Fsp3) is 0.273. The molecule has 6 heteroatoms. The van der Waals surface area contributed by atoms with Gasteiger partial charge in [-0.1, -0.05) is 41.9 Å². The summed E-state index contributed by atoms with van der Waals surface area (Å²) in [6.45, 7) is 3.01. The minimum atomic E-state index is -0.0148. The molecular weight excluding hydrogens is 372 g/mol. The van der Waals surface area contributed by atoms with E-state index in [4.69, 9.17) is 11.6 Å². The van der Waals surface area contributed by atoms with Crippen LogP contribution in [0.2, 0.25) is 5.02 Å². The molecule has 1 aromatic heterocycles. The Morgan fingerprint density at radius 1 is 1.11 bits per heavy atom. The quantitative estimate of drug-likeness (QED) is 0.601. The number of nitrogens with zero attached hydrogens (tertiary/aromatic N) is 4. The number of hydrogen-bond donors (Lipinski definition) is 0. The number of carbonyl (C=O) groups excluding carboxylic acids is 1. The van der Waals surface area contributed by atoms with Crippen molar-refractivity contribution >= 4 is 17.5 Å². The summed E-state index contributed by atoms with van der Waals surface area (Å²) >= 11 is 5.95. The average Bonchev–Trinajstić information content (AvgIpc) is 3.16. The molecule has 2 aromatic carbocycles. The molecule has 1 heterocycles. The van der Waals surface area contributed by atoms with Gasteiger partial charge in [0.2, 0.25) is 5.91 Å². The summed E-state index contributed by atoms with van der Waals surface area (Å²) in [7, 11) is 3.78. The first-order valence-electron chi connectivity index (χ1n) is 9.22. The number of amides is 1. The lowest BCUT2D eigenvalue weighted by Gasteiger charge is -2.27. The van der Waals surface area contributed by atoms with E-state index < -0.39 is 0 Å². The Bertz CT molecular complexity index is 908. The van der Waals surface area contributed by atoms with Crippen LogP contribution in [0.25, 0.3) is 5.69 Å². The summed E-state index contributed by atoms with van der Waals surface area (Å²) in [5, 5.41) is 5.11. The summed E-state index contributed by atoms with van der Waals surface area (Å²) < 4.78 is 1.85. The fourth-order valence-electron chi connectivity index (χ4n) is 3.05. The van der Waals surface area contributed by atoms with E-state index in [1.807, 2.05) is 97.6 Å². The lowest BCUT2D eigenvalue weighted by atomic mass is 10.1. The van der Waals surface area contributed by atoms with Crippen LogP contribution in [0.1, 0.15) is 24.1 Å². The molecular formula is C22H25ClN4O. The van der Waals surface area contributed by atoms with Crippen molar-refractivity contribution in [1.29, 1.82) is 0 Å². The lowest BCUT2D eigenvalue weighted by Crippen LogP contribution is -2.37. The molecule has 0 spiro atoms. The highest BCUT2D eigenvalue weighted by Gasteiger charge is 2.19. The van der Waals surface area contributed by atoms with Gasteiger partial charge in [-0.3, -0.25) is 9.69 Å². The maximum absolute atomic E-state index is 12.7. The zero-order chi connectivity index (χ0) is 20.1. The van der Waals surface area contributed by atoms with Gasteiger partial charge in [0, 0.05) is 30.4 Å². The molecule has 1 unspecified atom stereocenters. The predicted molar refractivity (Wildman–Crippen MR) is 113 cm³/mol. The Morgan fingerprint density at radius 2 is 1.79 bits per heavy atom. The average molecular weight is 397 g/mol. The molecule has 3 aromatic rings. The molecule has 28 heavy (non-hydrogen) atoms. The molecule has 146 valence electrons. The zero-order valence-corrected chi connectivity index (χ0v) is 17.2. The molecule has 0 aliphatic carbocycles. The Labute approximate surface area is 171 Å². The first kappa shape index (κ1) is 20.1. The highest BCUT2D eigenvalue weighted by Crippen LogP contribution is 2.21. The van der Waals surface area contributed by atoms with E-state index in [1.54, 1.807) is 4.90 Å². The predicted octanol–water partition coefficient (Wildman–Crippen LogP) is 4.18. The molecule has 0 bridgehead atoms. The van der Waals surface area contributed by atoms with Crippen LogP contribution < -0.4 is 0 Å². The number of aromatic nitrogens is 2. The number of rotatable bonds is 7. The number of halogens is 1. The second kappa shape index (κ2) is 9.04. The van der Waals surface area contributed by atoms with Gasteiger partial charge in [-0.2, -0.15) is 5.10 Å². The summed E-state index contributed by atoms with van der Waals surface area (Å²) in [4.78, 5) is 16.5. The van der Waals surface area contributed by atoms with Crippen molar-refractivity contribution in [1.82, 2.24) is 19.6 Å². The summed E-state index contributed by atoms with van der Waals surface area (Å²) in [5.41, 5.74) is 3.14. The molecule has 3 rings (SSSR count). The summed E-state index contributed by atoms with van der Waals surface area (Å²) in [6, 6.07) is 17.6. The van der Waals surface area contributed by atoms with Gasteiger partial charge in [-0.05, 0) is 43.8 Å². The molecule has 1 amide bonds. The molecule has 0 saturated carbocycles. The van der Waals surface area contributed by atoms with Crippen LogP contribution in [0.4, 0.5) is 0 Å². The second-order valence-corrected chi connectivity index (χ2v) is 7.47. The van der Waals surface area contributed by atoms with Crippen molar-refractivity contribution in [3.63, 3.8) is 0 Å². The van der Waals surface area contributed by atoms with Gasteiger partial charge in [0.25, 0.3) is 0 Å². The molecule has 0 radical (unpaired) electrons. The Kier molecular flexibility index (Phi) is 6.49. The largest absolute Gasteiger partial charge is 0.338 e. The normalized spacial score (nSPS) is 12.2. The highest BCUT2D eigenvalue weighted by atomic mass is 35.5. The molecule has 0 saturated heterocycles. The molecule has 0 N–H and O–H groups in total. The molecule has 0 fully saturated rings. The van der Waals surface area contributed by atoms with E-state index in [-0.39, 0.29) is 11.9 Å². The first-order chi connectivity index (χ1) is 13.4. The maximum Gasteiger partial charge on any atom is 0.236 e. The van der Waals surface area contributed by atoms with Crippen LogP contribution in [0.3, 0.4) is 0 Å². The Hall–Kier alpha value is -2.63. The van der Waals surface area contributed by atoms with E-state index >= 15 is 0 Å². The van der Waals surface area contributed by atoms with Crippen molar-refractivity contribution in [3.8, 4) is 5.69 Å². The molecule has 0 aliphatic heterocycles. The lowest BCUT2D eigenvalue weighted by molar-refractivity contribution is -0.132. The van der Waals surface area contributed by atoms with E-state index in [1.165, 1.54) is 0 Å². The standard InChI is InChI=1S/C22H25ClN4O/c1-17(19-9-11-20(23)12-10-19)26(3)22(28)16-25(2)14-18-13-24-27(15-18)21-7-5-4-6-8-21/h4-13,15,17H,14,16H2,1-3H3.